The van der Waals surface area contributed by atoms with Gasteiger partial charge in [-0.25, -0.2) is 4.39 Å². The second-order valence-corrected chi connectivity index (χ2v) is 7.24. The van der Waals surface area contributed by atoms with Gasteiger partial charge >= 0.3 is 0 Å². The minimum absolute atomic E-state index is 0.141. The fourth-order valence-electron chi connectivity index (χ4n) is 2.69. The van der Waals surface area contributed by atoms with Crippen LogP contribution in [0, 0.1) is 5.82 Å². The number of halogens is 1. The van der Waals surface area contributed by atoms with Crippen LogP contribution in [0.3, 0.4) is 0 Å². The number of para-hydroxylation sites is 1. The number of rotatable bonds is 10. The lowest BCUT2D eigenvalue weighted by atomic mass is 10.2. The molecule has 1 atom stereocenters. The van der Waals surface area contributed by atoms with E-state index in [9.17, 15) is 14.0 Å². The number of primary amides is 1. The molecule has 0 saturated carbocycles. The molecule has 6 nitrogen and oxygen atoms in total. The Labute approximate surface area is 168 Å². The fourth-order valence-corrected chi connectivity index (χ4v) is 3.43. The highest BCUT2D eigenvalue weighted by Gasteiger charge is 2.16. The van der Waals surface area contributed by atoms with Crippen molar-refractivity contribution in [1.29, 1.82) is 0 Å². The molecule has 0 heterocycles. The monoisotopic (exact) mass is 406 g/mol. The maximum atomic E-state index is 13.9. The van der Waals surface area contributed by atoms with Gasteiger partial charge in [-0.3, -0.25) is 9.59 Å². The Bertz CT molecular complexity index is 832. The first-order chi connectivity index (χ1) is 13.4. The molecule has 8 heteroatoms. The Morgan fingerprint density at radius 2 is 2.00 bits per heavy atom. The smallest absolute Gasteiger partial charge is 0.279 e. The van der Waals surface area contributed by atoms with Crippen LogP contribution in [0.1, 0.15) is 12.5 Å². The van der Waals surface area contributed by atoms with Crippen molar-refractivity contribution < 1.29 is 23.6 Å². The molecule has 0 radical (unpaired) electrons. The van der Waals surface area contributed by atoms with Crippen LogP contribution in [0.25, 0.3) is 0 Å². The zero-order valence-corrected chi connectivity index (χ0v) is 16.8. The van der Waals surface area contributed by atoms with Crippen LogP contribution >= 0.6 is 11.8 Å². The molecule has 2 aromatic carbocycles. The Morgan fingerprint density at radius 1 is 1.25 bits per heavy atom. The maximum Gasteiger partial charge on any atom is 0.279 e. The quantitative estimate of drug-likeness (QED) is 0.522. The first kappa shape index (κ1) is 21.7. The molecule has 0 bridgehead atoms. The second kappa shape index (κ2) is 10.7. The number of thioether (sulfide) groups is 1. The van der Waals surface area contributed by atoms with E-state index in [-0.39, 0.29) is 24.0 Å². The molecular weight excluding hydrogens is 381 g/mol. The van der Waals surface area contributed by atoms with Crippen molar-refractivity contribution >= 4 is 29.3 Å². The first-order valence-corrected chi connectivity index (χ1v) is 9.87. The molecule has 0 aliphatic heterocycles. The summed E-state index contributed by atoms with van der Waals surface area (Å²) in [6.45, 7) is 3.43. The molecule has 1 unspecified atom stereocenters. The van der Waals surface area contributed by atoms with E-state index >= 15 is 0 Å². The second-order valence-electron chi connectivity index (χ2n) is 6.23. The molecule has 0 fully saturated rings. The number of methoxy groups -OCH3 is 1. The average Bonchev–Trinajstić information content (AvgIpc) is 2.66. The number of carbonyl (C=O) groups is 2. The van der Waals surface area contributed by atoms with Crippen LogP contribution in [-0.4, -0.2) is 37.8 Å². The number of nitrogens with one attached hydrogen (secondary N) is 2. The number of amides is 2. The van der Waals surface area contributed by atoms with E-state index in [0.29, 0.717) is 18.8 Å². The van der Waals surface area contributed by atoms with Crippen molar-refractivity contribution in [3.63, 3.8) is 0 Å². The number of benzene rings is 2. The van der Waals surface area contributed by atoms with Crippen molar-refractivity contribution in [3.05, 3.63) is 53.8 Å². The number of anilines is 1. The highest BCUT2D eigenvalue weighted by molar-refractivity contribution is 8.00. The number of quaternary nitrogens is 1. The Kier molecular flexibility index (Phi) is 8.28. The number of hydrogen-bond acceptors (Lipinski definition) is 4. The van der Waals surface area contributed by atoms with Crippen LogP contribution in [0.2, 0.25) is 0 Å². The lowest BCUT2D eigenvalue weighted by molar-refractivity contribution is -0.903. The van der Waals surface area contributed by atoms with Crippen molar-refractivity contribution in [2.45, 2.75) is 18.4 Å². The van der Waals surface area contributed by atoms with Gasteiger partial charge in [-0.05, 0) is 37.3 Å². The van der Waals surface area contributed by atoms with E-state index in [1.165, 1.54) is 24.9 Å². The summed E-state index contributed by atoms with van der Waals surface area (Å²) in [4.78, 5) is 25.3. The largest absolute Gasteiger partial charge is 0.494 e. The van der Waals surface area contributed by atoms with Crippen molar-refractivity contribution in [2.24, 2.45) is 5.73 Å². The predicted molar refractivity (Wildman–Crippen MR) is 108 cm³/mol. The summed E-state index contributed by atoms with van der Waals surface area (Å²) < 4.78 is 18.8. The molecule has 2 amide bonds. The Balaban J connectivity index is 1.99. The summed E-state index contributed by atoms with van der Waals surface area (Å²) in [5.41, 5.74) is 6.63. The van der Waals surface area contributed by atoms with E-state index < -0.39 is 11.7 Å². The zero-order valence-electron chi connectivity index (χ0n) is 16.0. The van der Waals surface area contributed by atoms with Crippen LogP contribution in [0.15, 0.2) is 47.4 Å². The maximum absolute atomic E-state index is 13.9. The molecule has 0 saturated heterocycles. The fraction of sp³-hybridized carbons (Fsp3) is 0.300. The van der Waals surface area contributed by atoms with Gasteiger partial charge in [0.2, 0.25) is 5.91 Å². The van der Waals surface area contributed by atoms with E-state index in [4.69, 9.17) is 10.5 Å². The molecule has 0 aromatic heterocycles. The Hall–Kier alpha value is -2.58. The lowest BCUT2D eigenvalue weighted by Gasteiger charge is -2.18. The number of hydrogen-bond donors (Lipinski definition) is 3. The van der Waals surface area contributed by atoms with E-state index in [1.54, 1.807) is 18.2 Å². The van der Waals surface area contributed by atoms with Crippen LogP contribution < -0.4 is 20.7 Å². The highest BCUT2D eigenvalue weighted by Crippen LogP contribution is 2.26. The third-order valence-electron chi connectivity index (χ3n) is 4.11. The van der Waals surface area contributed by atoms with E-state index in [1.807, 2.05) is 25.1 Å². The van der Waals surface area contributed by atoms with Gasteiger partial charge < -0.3 is 20.7 Å². The third-order valence-corrected chi connectivity index (χ3v) is 5.21. The summed E-state index contributed by atoms with van der Waals surface area (Å²) in [6.07, 6.45) is 0. The third kappa shape index (κ3) is 6.54. The normalized spacial score (nSPS) is 11.7. The standard InChI is InChI=1S/C20H24FN3O3S/c1-3-24(11-14-8-9-17(27-2)15(21)10-14)12-20(26)23-16-6-4-5-7-18(16)28-13-19(22)25/h4-10H,3,11-13H2,1-2H3,(H2,22,25)(H,23,26)/p+1. The molecule has 0 aliphatic rings. The number of carbonyl (C=O) groups excluding carboxylic acids is 2. The van der Waals surface area contributed by atoms with Crippen molar-refractivity contribution in [3.8, 4) is 5.75 Å². The Morgan fingerprint density at radius 3 is 2.64 bits per heavy atom. The molecule has 4 N–H and O–H groups in total. The van der Waals surface area contributed by atoms with Gasteiger partial charge in [0.15, 0.2) is 18.1 Å². The summed E-state index contributed by atoms with van der Waals surface area (Å²) in [7, 11) is 1.42. The van der Waals surface area contributed by atoms with E-state index in [2.05, 4.69) is 5.32 Å². The summed E-state index contributed by atoms with van der Waals surface area (Å²) in [5, 5.41) is 2.89. The van der Waals surface area contributed by atoms with Gasteiger partial charge in [-0.2, -0.15) is 0 Å². The van der Waals surface area contributed by atoms with Gasteiger partial charge in [0.05, 0.1) is 25.1 Å². The van der Waals surface area contributed by atoms with Crippen LogP contribution in [-0.2, 0) is 16.1 Å². The summed E-state index contributed by atoms with van der Waals surface area (Å²) >= 11 is 1.28. The summed E-state index contributed by atoms with van der Waals surface area (Å²) in [6, 6.07) is 12.1. The topological polar surface area (TPSA) is 85.9 Å². The van der Waals surface area contributed by atoms with Gasteiger partial charge in [0, 0.05) is 10.5 Å². The number of nitrogens with two attached hydrogens (primary N) is 1. The van der Waals surface area contributed by atoms with Gasteiger partial charge in [-0.15, -0.1) is 11.8 Å². The predicted octanol–water partition coefficient (Wildman–Crippen LogP) is 1.46. The van der Waals surface area contributed by atoms with Crippen LogP contribution in [0.4, 0.5) is 10.1 Å². The minimum Gasteiger partial charge on any atom is -0.494 e. The van der Waals surface area contributed by atoms with Crippen LogP contribution in [0.5, 0.6) is 5.75 Å². The summed E-state index contributed by atoms with van der Waals surface area (Å²) in [5.74, 6) is -0.648. The lowest BCUT2D eigenvalue weighted by Crippen LogP contribution is -3.11. The zero-order chi connectivity index (χ0) is 20.5. The van der Waals surface area contributed by atoms with Gasteiger partial charge in [0.1, 0.15) is 6.54 Å². The van der Waals surface area contributed by atoms with Gasteiger partial charge in [0.25, 0.3) is 5.91 Å². The molecule has 2 aromatic rings. The average molecular weight is 407 g/mol. The number of ether oxygens (including phenoxy) is 1. The van der Waals surface area contributed by atoms with Gasteiger partial charge in [-0.1, -0.05) is 12.1 Å². The van der Waals surface area contributed by atoms with Crippen molar-refractivity contribution in [1.82, 2.24) is 0 Å². The highest BCUT2D eigenvalue weighted by atomic mass is 32.2. The SMILES string of the molecule is CC[NH+](CC(=O)Nc1ccccc1SCC(N)=O)Cc1ccc(OC)c(F)c1. The molecule has 28 heavy (non-hydrogen) atoms. The molecule has 0 aliphatic carbocycles. The molecular formula is C20H25FN3O3S+. The minimum atomic E-state index is -0.417. The molecule has 0 spiro atoms. The van der Waals surface area contributed by atoms with E-state index in [0.717, 1.165) is 15.4 Å². The van der Waals surface area contributed by atoms with Crippen molar-refractivity contribution in [2.75, 3.05) is 31.3 Å². The number of likely N-dealkylation sites (N-methyl/N-ethyl adjacent to an activating group) is 1. The molecule has 150 valence electrons. The first-order valence-electron chi connectivity index (χ1n) is 8.88. The molecule has 2 rings (SSSR count).